The molecule has 0 amide bonds. The summed E-state index contributed by atoms with van der Waals surface area (Å²) < 4.78 is 14.8. The maximum Gasteiger partial charge on any atom is 0.263 e. The molecule has 0 saturated carbocycles. The van der Waals surface area contributed by atoms with Crippen molar-refractivity contribution in [2.24, 2.45) is 0 Å². The van der Waals surface area contributed by atoms with E-state index in [9.17, 15) is 9.18 Å². The molecule has 0 aliphatic carbocycles. The van der Waals surface area contributed by atoms with Crippen LogP contribution in [0.2, 0.25) is 0 Å². The molecule has 25 heavy (non-hydrogen) atoms. The number of nitrogens with zero attached hydrogens (tertiary/aromatic N) is 2. The second kappa shape index (κ2) is 6.26. The Kier molecular flexibility index (Phi) is 3.93. The third-order valence-corrected chi connectivity index (χ3v) is 5.04. The molecule has 4 aromatic rings. The van der Waals surface area contributed by atoms with Gasteiger partial charge in [-0.25, -0.2) is 9.37 Å². The van der Waals surface area contributed by atoms with E-state index in [0.29, 0.717) is 16.8 Å². The van der Waals surface area contributed by atoms with E-state index in [-0.39, 0.29) is 11.4 Å². The summed E-state index contributed by atoms with van der Waals surface area (Å²) in [5.41, 5.74) is 3.76. The molecule has 0 aliphatic rings. The molecular weight excluding hydrogens is 335 g/mol. The zero-order valence-corrected chi connectivity index (χ0v) is 14.4. The lowest BCUT2D eigenvalue weighted by Crippen LogP contribution is -2.21. The Labute approximate surface area is 148 Å². The normalized spacial score (nSPS) is 11.1. The highest BCUT2D eigenvalue weighted by atomic mass is 32.1. The average Bonchev–Trinajstić information content (AvgIpc) is 3.03. The molecule has 0 unspecified atom stereocenters. The highest BCUT2D eigenvalue weighted by Gasteiger charge is 2.13. The number of halogens is 1. The summed E-state index contributed by atoms with van der Waals surface area (Å²) in [7, 11) is 0. The van der Waals surface area contributed by atoms with Gasteiger partial charge in [-0.2, -0.15) is 0 Å². The number of fused-ring (bicyclic) bond motifs is 1. The molecule has 3 nitrogen and oxygen atoms in total. The van der Waals surface area contributed by atoms with Crippen LogP contribution in [0.5, 0.6) is 0 Å². The molecule has 4 rings (SSSR count). The van der Waals surface area contributed by atoms with Gasteiger partial charge in [0.05, 0.1) is 18.3 Å². The van der Waals surface area contributed by atoms with Crippen molar-refractivity contribution in [2.45, 2.75) is 13.5 Å². The molecule has 2 aromatic heterocycles. The fourth-order valence-corrected chi connectivity index (χ4v) is 3.84. The van der Waals surface area contributed by atoms with Gasteiger partial charge in [0.2, 0.25) is 0 Å². The highest BCUT2D eigenvalue weighted by molar-refractivity contribution is 7.17. The minimum atomic E-state index is -0.293. The Hall–Kier alpha value is -2.79. The second-order valence-corrected chi connectivity index (χ2v) is 6.86. The largest absolute Gasteiger partial charge is 0.294 e. The summed E-state index contributed by atoms with van der Waals surface area (Å²) in [5, 5.41) is 2.50. The topological polar surface area (TPSA) is 34.9 Å². The van der Waals surface area contributed by atoms with Crippen LogP contribution >= 0.6 is 11.3 Å². The molecule has 124 valence electrons. The molecule has 0 saturated heterocycles. The summed E-state index contributed by atoms with van der Waals surface area (Å²) in [6.45, 7) is 2.50. The molecule has 2 aromatic carbocycles. The van der Waals surface area contributed by atoms with E-state index in [0.717, 1.165) is 22.3 Å². The first-order valence-corrected chi connectivity index (χ1v) is 8.78. The quantitative estimate of drug-likeness (QED) is 0.540. The van der Waals surface area contributed by atoms with Gasteiger partial charge in [0.1, 0.15) is 10.6 Å². The lowest BCUT2D eigenvalue weighted by atomic mass is 10.1. The van der Waals surface area contributed by atoms with Crippen molar-refractivity contribution >= 4 is 21.6 Å². The van der Waals surface area contributed by atoms with Crippen molar-refractivity contribution in [2.75, 3.05) is 0 Å². The van der Waals surface area contributed by atoms with Gasteiger partial charge in [-0.3, -0.25) is 9.36 Å². The lowest BCUT2D eigenvalue weighted by molar-refractivity contribution is 0.628. The first kappa shape index (κ1) is 15.7. The predicted octanol–water partition coefficient (Wildman–Crippen LogP) is 4.62. The Bertz CT molecular complexity index is 1110. The van der Waals surface area contributed by atoms with Crippen LogP contribution in [0, 0.1) is 12.7 Å². The summed E-state index contributed by atoms with van der Waals surface area (Å²) in [6, 6.07) is 14.3. The first-order valence-electron chi connectivity index (χ1n) is 7.90. The fraction of sp³-hybridized carbons (Fsp3) is 0.100. The maximum absolute atomic E-state index is 13.2. The summed E-state index contributed by atoms with van der Waals surface area (Å²) in [4.78, 5) is 18.1. The van der Waals surface area contributed by atoms with Crippen molar-refractivity contribution in [3.8, 4) is 11.1 Å². The van der Waals surface area contributed by atoms with Crippen LogP contribution in [-0.2, 0) is 6.54 Å². The molecule has 0 spiro atoms. The SMILES string of the molecule is Cc1cccc(Cn2cnc3scc(-c4ccc(F)cc4)c3c2=O)c1. The number of benzene rings is 2. The molecule has 0 aliphatic heterocycles. The predicted molar refractivity (Wildman–Crippen MR) is 99.6 cm³/mol. The van der Waals surface area contributed by atoms with E-state index in [1.807, 2.05) is 30.5 Å². The zero-order chi connectivity index (χ0) is 17.4. The van der Waals surface area contributed by atoms with Gasteiger partial charge >= 0.3 is 0 Å². The first-order chi connectivity index (χ1) is 12.1. The maximum atomic E-state index is 13.2. The smallest absolute Gasteiger partial charge is 0.263 e. The Balaban J connectivity index is 1.83. The number of hydrogen-bond donors (Lipinski definition) is 0. The zero-order valence-electron chi connectivity index (χ0n) is 13.6. The average molecular weight is 350 g/mol. The molecule has 0 atom stereocenters. The van der Waals surface area contributed by atoms with E-state index in [4.69, 9.17) is 0 Å². The van der Waals surface area contributed by atoms with Crippen LogP contribution in [-0.4, -0.2) is 9.55 Å². The third kappa shape index (κ3) is 2.98. The van der Waals surface area contributed by atoms with Gasteiger partial charge in [-0.05, 0) is 30.2 Å². The second-order valence-electron chi connectivity index (χ2n) is 6.00. The molecule has 2 heterocycles. The summed E-state index contributed by atoms with van der Waals surface area (Å²) in [5.74, 6) is -0.293. The number of aromatic nitrogens is 2. The van der Waals surface area contributed by atoms with Gasteiger partial charge in [-0.1, -0.05) is 42.0 Å². The number of aryl methyl sites for hydroxylation is 1. The number of hydrogen-bond acceptors (Lipinski definition) is 3. The van der Waals surface area contributed by atoms with Gasteiger partial charge in [0.25, 0.3) is 5.56 Å². The molecule has 0 bridgehead atoms. The van der Waals surface area contributed by atoms with E-state index < -0.39 is 0 Å². The third-order valence-electron chi connectivity index (χ3n) is 4.15. The molecule has 0 N–H and O–H groups in total. The Morgan fingerprint density at radius 1 is 1.16 bits per heavy atom. The van der Waals surface area contributed by atoms with Crippen molar-refractivity contribution in [1.29, 1.82) is 0 Å². The Morgan fingerprint density at radius 3 is 2.72 bits per heavy atom. The van der Waals surface area contributed by atoms with Crippen LogP contribution < -0.4 is 5.56 Å². The van der Waals surface area contributed by atoms with Gasteiger partial charge in [-0.15, -0.1) is 11.3 Å². The van der Waals surface area contributed by atoms with Crippen LogP contribution in [0.25, 0.3) is 21.3 Å². The number of thiophene rings is 1. The van der Waals surface area contributed by atoms with E-state index >= 15 is 0 Å². The Morgan fingerprint density at radius 2 is 1.96 bits per heavy atom. The molecular formula is C20H15FN2OS. The summed E-state index contributed by atoms with van der Waals surface area (Å²) in [6.07, 6.45) is 1.60. The molecule has 0 fully saturated rings. The number of rotatable bonds is 3. The van der Waals surface area contributed by atoms with Gasteiger partial charge in [0.15, 0.2) is 0 Å². The van der Waals surface area contributed by atoms with Crippen LogP contribution in [0.1, 0.15) is 11.1 Å². The monoisotopic (exact) mass is 350 g/mol. The van der Waals surface area contributed by atoms with Crippen molar-refractivity contribution < 1.29 is 4.39 Å². The van der Waals surface area contributed by atoms with Crippen molar-refractivity contribution in [3.63, 3.8) is 0 Å². The van der Waals surface area contributed by atoms with Crippen LogP contribution in [0.4, 0.5) is 4.39 Å². The lowest BCUT2D eigenvalue weighted by Gasteiger charge is -2.07. The minimum absolute atomic E-state index is 0.0768. The van der Waals surface area contributed by atoms with Crippen LogP contribution in [0.3, 0.4) is 0 Å². The van der Waals surface area contributed by atoms with Gasteiger partial charge in [0, 0.05) is 10.9 Å². The van der Waals surface area contributed by atoms with E-state index in [1.165, 1.54) is 23.5 Å². The summed E-state index contributed by atoms with van der Waals surface area (Å²) >= 11 is 1.43. The van der Waals surface area contributed by atoms with Gasteiger partial charge < -0.3 is 0 Å². The van der Waals surface area contributed by atoms with Crippen molar-refractivity contribution in [3.05, 3.63) is 87.5 Å². The highest BCUT2D eigenvalue weighted by Crippen LogP contribution is 2.30. The van der Waals surface area contributed by atoms with E-state index in [2.05, 4.69) is 11.1 Å². The molecule has 5 heteroatoms. The van der Waals surface area contributed by atoms with E-state index in [1.54, 1.807) is 23.0 Å². The minimum Gasteiger partial charge on any atom is -0.294 e. The van der Waals surface area contributed by atoms with Crippen LogP contribution in [0.15, 0.2) is 65.0 Å². The fourth-order valence-electron chi connectivity index (χ4n) is 2.93. The standard InChI is InChI=1S/C20H15FN2OS/c1-13-3-2-4-14(9-13)10-23-12-22-19-18(20(23)24)17(11-25-19)15-5-7-16(21)8-6-15/h2-9,11-12H,10H2,1H3. The molecule has 0 radical (unpaired) electrons. The van der Waals surface area contributed by atoms with Crippen molar-refractivity contribution in [1.82, 2.24) is 9.55 Å².